The number of hydrogen-bond acceptors (Lipinski definition) is 4. The van der Waals surface area contributed by atoms with E-state index in [2.05, 4.69) is 0 Å². The highest BCUT2D eigenvalue weighted by Crippen LogP contribution is 2.44. The summed E-state index contributed by atoms with van der Waals surface area (Å²) in [6, 6.07) is 14.6. The summed E-state index contributed by atoms with van der Waals surface area (Å²) in [5.74, 6) is 0.515. The number of ether oxygens (including phenoxy) is 1. The first-order valence-electron chi connectivity index (χ1n) is 10.5. The number of benzene rings is 2. The smallest absolute Gasteiger partial charge is 0.257 e. The van der Waals surface area contributed by atoms with Gasteiger partial charge in [0.15, 0.2) is 0 Å². The summed E-state index contributed by atoms with van der Waals surface area (Å²) in [6.45, 7) is 2.34. The highest BCUT2D eigenvalue weighted by Gasteiger charge is 2.52. The van der Waals surface area contributed by atoms with E-state index in [9.17, 15) is 14.4 Å². The Morgan fingerprint density at radius 1 is 1.13 bits per heavy atom. The molecule has 0 aliphatic carbocycles. The maximum atomic E-state index is 13.3. The number of rotatable bonds is 6. The minimum atomic E-state index is -0.694. The van der Waals surface area contributed by atoms with Crippen LogP contribution in [0.3, 0.4) is 0 Å². The second-order valence-corrected chi connectivity index (χ2v) is 8.15. The average molecular weight is 421 g/mol. The van der Waals surface area contributed by atoms with E-state index >= 15 is 0 Å². The van der Waals surface area contributed by atoms with E-state index in [-0.39, 0.29) is 24.1 Å². The van der Waals surface area contributed by atoms with Crippen molar-refractivity contribution in [1.29, 1.82) is 0 Å². The molecule has 4 rings (SSSR count). The topological polar surface area (TPSA) is 70.2 Å². The van der Waals surface area contributed by atoms with Gasteiger partial charge in [0.25, 0.3) is 5.91 Å². The number of methoxy groups -OCH3 is 1. The Hall–Kier alpha value is -3.35. The molecule has 2 aromatic rings. The van der Waals surface area contributed by atoms with Gasteiger partial charge in [0.2, 0.25) is 11.8 Å². The van der Waals surface area contributed by atoms with Gasteiger partial charge in [-0.05, 0) is 44.0 Å². The summed E-state index contributed by atoms with van der Waals surface area (Å²) >= 11 is 0. The van der Waals surface area contributed by atoms with Crippen molar-refractivity contribution in [3.05, 3.63) is 54.1 Å². The van der Waals surface area contributed by atoms with Gasteiger partial charge in [-0.3, -0.25) is 19.3 Å². The molecule has 1 fully saturated rings. The van der Waals surface area contributed by atoms with Gasteiger partial charge < -0.3 is 14.5 Å². The van der Waals surface area contributed by atoms with Gasteiger partial charge in [-0.15, -0.1) is 0 Å². The molecular weight excluding hydrogens is 394 g/mol. The van der Waals surface area contributed by atoms with Crippen molar-refractivity contribution in [2.24, 2.45) is 0 Å². The molecule has 0 spiro atoms. The Kier molecular flexibility index (Phi) is 5.43. The van der Waals surface area contributed by atoms with E-state index in [0.29, 0.717) is 48.5 Å². The predicted molar refractivity (Wildman–Crippen MR) is 118 cm³/mol. The quantitative estimate of drug-likeness (QED) is 0.717. The molecule has 2 aliphatic rings. The van der Waals surface area contributed by atoms with Crippen molar-refractivity contribution in [2.75, 3.05) is 30.5 Å². The summed E-state index contributed by atoms with van der Waals surface area (Å²) in [6.07, 6.45) is 1.78. The van der Waals surface area contributed by atoms with Gasteiger partial charge in [0.05, 0.1) is 24.0 Å². The third-order valence-corrected chi connectivity index (χ3v) is 6.34. The highest BCUT2D eigenvalue weighted by molar-refractivity contribution is 6.10. The molecule has 7 heteroatoms. The molecule has 0 N–H and O–H groups in total. The number of carbonyl (C=O) groups is 3. The molecule has 0 aromatic heterocycles. The zero-order chi connectivity index (χ0) is 22.2. The number of carbonyl (C=O) groups excluding carboxylic acids is 3. The number of para-hydroxylation sites is 3. The van der Waals surface area contributed by atoms with Crippen LogP contribution in [0.4, 0.5) is 11.4 Å². The fourth-order valence-corrected chi connectivity index (χ4v) is 4.64. The summed E-state index contributed by atoms with van der Waals surface area (Å²) in [4.78, 5) is 43.8. The first-order chi connectivity index (χ1) is 14.9. The van der Waals surface area contributed by atoms with Crippen LogP contribution in [0.5, 0.6) is 5.75 Å². The largest absolute Gasteiger partial charge is 0.495 e. The second kappa shape index (κ2) is 8.06. The van der Waals surface area contributed by atoms with E-state index in [1.54, 1.807) is 34.9 Å². The Bertz CT molecular complexity index is 1040. The maximum Gasteiger partial charge on any atom is 0.257 e. The molecule has 162 valence electrons. The van der Waals surface area contributed by atoms with Crippen molar-refractivity contribution < 1.29 is 19.1 Å². The zero-order valence-corrected chi connectivity index (χ0v) is 18.1. The molecule has 1 unspecified atom stereocenters. The first-order valence-corrected chi connectivity index (χ1v) is 10.5. The second-order valence-electron chi connectivity index (χ2n) is 8.15. The molecule has 0 radical (unpaired) electrons. The molecule has 2 aliphatic heterocycles. The van der Waals surface area contributed by atoms with Crippen LogP contribution in [0, 0.1) is 0 Å². The van der Waals surface area contributed by atoms with Crippen LogP contribution in [0.15, 0.2) is 48.5 Å². The number of nitrogens with zero attached hydrogens (tertiary/aromatic N) is 3. The van der Waals surface area contributed by atoms with Crippen LogP contribution in [0.1, 0.15) is 43.0 Å². The molecule has 7 nitrogen and oxygen atoms in total. The summed E-state index contributed by atoms with van der Waals surface area (Å²) < 4.78 is 5.35. The van der Waals surface area contributed by atoms with Crippen molar-refractivity contribution >= 4 is 29.1 Å². The normalized spacial score (nSPS) is 19.8. The van der Waals surface area contributed by atoms with E-state index < -0.39 is 5.66 Å². The third kappa shape index (κ3) is 3.44. The first kappa shape index (κ1) is 20.9. The lowest BCUT2D eigenvalue weighted by molar-refractivity contribution is -0.119. The van der Waals surface area contributed by atoms with E-state index in [0.717, 1.165) is 0 Å². The SMILES string of the molecule is COc1ccccc1N(C)C(=O)CCCN1C(=O)c2ccccc2N2C(=O)CCC12C. The number of hydrogen-bond donors (Lipinski definition) is 0. The average Bonchev–Trinajstić information content (AvgIpc) is 3.10. The highest BCUT2D eigenvalue weighted by atomic mass is 16.5. The van der Waals surface area contributed by atoms with Crippen LogP contribution < -0.4 is 14.5 Å². The lowest BCUT2D eigenvalue weighted by Gasteiger charge is -2.48. The van der Waals surface area contributed by atoms with Gasteiger partial charge >= 0.3 is 0 Å². The Morgan fingerprint density at radius 3 is 2.61 bits per heavy atom. The molecule has 0 bridgehead atoms. The summed E-state index contributed by atoms with van der Waals surface area (Å²) in [7, 11) is 3.30. The zero-order valence-electron chi connectivity index (χ0n) is 18.1. The Labute approximate surface area is 182 Å². The van der Waals surface area contributed by atoms with Crippen LogP contribution in [-0.4, -0.2) is 49.0 Å². The van der Waals surface area contributed by atoms with Gasteiger partial charge in [-0.2, -0.15) is 0 Å². The molecule has 0 saturated carbocycles. The molecule has 31 heavy (non-hydrogen) atoms. The van der Waals surface area contributed by atoms with E-state index in [1.807, 2.05) is 49.4 Å². The lowest BCUT2D eigenvalue weighted by Crippen LogP contribution is -2.62. The van der Waals surface area contributed by atoms with Crippen molar-refractivity contribution in [1.82, 2.24) is 4.90 Å². The number of amides is 3. The fraction of sp³-hybridized carbons (Fsp3) is 0.375. The molecule has 2 heterocycles. The Morgan fingerprint density at radius 2 is 1.84 bits per heavy atom. The maximum absolute atomic E-state index is 13.3. The molecule has 1 atom stereocenters. The molecule has 2 aromatic carbocycles. The van der Waals surface area contributed by atoms with E-state index in [1.165, 1.54) is 0 Å². The summed E-state index contributed by atoms with van der Waals surface area (Å²) in [5.41, 5.74) is 1.23. The van der Waals surface area contributed by atoms with Crippen LogP contribution in [0.2, 0.25) is 0 Å². The van der Waals surface area contributed by atoms with Gasteiger partial charge in [0, 0.05) is 26.4 Å². The van der Waals surface area contributed by atoms with Crippen LogP contribution in [-0.2, 0) is 9.59 Å². The number of fused-ring (bicyclic) bond motifs is 3. The van der Waals surface area contributed by atoms with Crippen LogP contribution >= 0.6 is 0 Å². The molecule has 3 amide bonds. The molecule has 1 saturated heterocycles. The minimum Gasteiger partial charge on any atom is -0.495 e. The Balaban J connectivity index is 1.49. The number of anilines is 2. The predicted octanol–water partition coefficient (Wildman–Crippen LogP) is 3.44. The monoisotopic (exact) mass is 421 g/mol. The summed E-state index contributed by atoms with van der Waals surface area (Å²) in [5, 5.41) is 0. The van der Waals surface area contributed by atoms with Crippen LogP contribution in [0.25, 0.3) is 0 Å². The van der Waals surface area contributed by atoms with Crippen molar-refractivity contribution in [2.45, 2.75) is 38.3 Å². The lowest BCUT2D eigenvalue weighted by atomic mass is 9.98. The van der Waals surface area contributed by atoms with Crippen molar-refractivity contribution in [3.8, 4) is 5.75 Å². The third-order valence-electron chi connectivity index (χ3n) is 6.34. The van der Waals surface area contributed by atoms with Crippen molar-refractivity contribution in [3.63, 3.8) is 0 Å². The van der Waals surface area contributed by atoms with Gasteiger partial charge in [-0.25, -0.2) is 0 Å². The van der Waals surface area contributed by atoms with Gasteiger partial charge in [0.1, 0.15) is 11.4 Å². The fourth-order valence-electron chi connectivity index (χ4n) is 4.64. The van der Waals surface area contributed by atoms with E-state index in [4.69, 9.17) is 4.74 Å². The molecular formula is C24H27N3O4. The standard InChI is InChI=1S/C24H27N3O4/c1-24-15-14-22(29)27(24)18-10-5-4-9-17(18)23(30)26(24)16-8-13-21(28)25(2)19-11-6-7-12-20(19)31-3/h4-7,9-12H,8,13-16H2,1-3H3. The van der Waals surface area contributed by atoms with Gasteiger partial charge in [-0.1, -0.05) is 24.3 Å². The minimum absolute atomic E-state index is 0.0273.